The lowest BCUT2D eigenvalue weighted by atomic mass is 10.1. The van der Waals surface area contributed by atoms with Gasteiger partial charge in [0.15, 0.2) is 0 Å². The van der Waals surface area contributed by atoms with Crippen LogP contribution in [0.1, 0.15) is 0 Å². The van der Waals surface area contributed by atoms with Gasteiger partial charge in [0.05, 0.1) is 0 Å². The van der Waals surface area contributed by atoms with E-state index >= 15 is 0 Å². The van der Waals surface area contributed by atoms with Gasteiger partial charge in [0, 0.05) is 12.4 Å². The molecule has 1 heterocycles. The van der Waals surface area contributed by atoms with E-state index in [0.717, 1.165) is 0 Å². The number of nitrogens with one attached hydrogen (secondary N) is 1. The van der Waals surface area contributed by atoms with Gasteiger partial charge in [0.1, 0.15) is 0 Å². The molecule has 2 nitrogen and oxygen atoms in total. The zero-order chi connectivity index (χ0) is 10.3. The average Bonchev–Trinajstić information content (AvgIpc) is 2.88. The van der Waals surface area contributed by atoms with Gasteiger partial charge in [-0.2, -0.15) is 5.10 Å². The van der Waals surface area contributed by atoms with Crippen molar-refractivity contribution in [3.63, 3.8) is 0 Å². The summed E-state index contributed by atoms with van der Waals surface area (Å²) in [5.74, 6) is 0. The van der Waals surface area contributed by atoms with Crippen LogP contribution in [0, 0.1) is 0 Å². The van der Waals surface area contributed by atoms with Crippen LogP contribution in [0.15, 0.2) is 67.0 Å². The minimum atomic E-state index is 1.31. The Bertz CT molecular complexity index is 418. The summed E-state index contributed by atoms with van der Waals surface area (Å²) in [6, 6.07) is 18.5. The molecule has 3 aromatic rings. The third-order valence-electron chi connectivity index (χ3n) is 2.06. The van der Waals surface area contributed by atoms with E-state index in [-0.39, 0.29) is 0 Å². The van der Waals surface area contributed by atoms with Gasteiger partial charge in [0.2, 0.25) is 0 Å². The highest BCUT2D eigenvalue weighted by Gasteiger charge is 1.85. The zero-order valence-corrected chi connectivity index (χ0v) is 8.30. The van der Waals surface area contributed by atoms with Crippen molar-refractivity contribution in [2.75, 3.05) is 0 Å². The quantitative estimate of drug-likeness (QED) is 0.587. The van der Waals surface area contributed by atoms with E-state index in [1.54, 1.807) is 12.4 Å². The minimum absolute atomic E-state index is 1.31. The third kappa shape index (κ3) is 2.68. The molecule has 2 aromatic carbocycles. The van der Waals surface area contributed by atoms with Crippen LogP contribution in [-0.4, -0.2) is 10.2 Å². The van der Waals surface area contributed by atoms with Crippen molar-refractivity contribution in [3.05, 3.63) is 67.0 Å². The molecule has 0 unspecified atom stereocenters. The normalized spacial score (nSPS) is 9.33. The SMILES string of the molecule is c1ccc2ccccc2c1.c1cn[nH]c1. The summed E-state index contributed by atoms with van der Waals surface area (Å²) in [6.45, 7) is 0. The fourth-order valence-electron chi connectivity index (χ4n) is 1.35. The Kier molecular flexibility index (Phi) is 3.13. The molecule has 1 N–H and O–H groups in total. The first kappa shape index (κ1) is 9.46. The summed E-state index contributed by atoms with van der Waals surface area (Å²) in [6.07, 6.45) is 3.46. The highest BCUT2D eigenvalue weighted by molar-refractivity contribution is 5.81. The predicted molar refractivity (Wildman–Crippen MR) is 62.5 cm³/mol. The van der Waals surface area contributed by atoms with Gasteiger partial charge in [-0.15, -0.1) is 0 Å². The van der Waals surface area contributed by atoms with E-state index in [1.165, 1.54) is 10.8 Å². The molecule has 0 aliphatic heterocycles. The van der Waals surface area contributed by atoms with Gasteiger partial charge in [-0.1, -0.05) is 48.5 Å². The number of aromatic nitrogens is 2. The Balaban J connectivity index is 0.000000144. The Morgan fingerprint density at radius 3 is 1.53 bits per heavy atom. The van der Waals surface area contributed by atoms with Gasteiger partial charge >= 0.3 is 0 Å². The van der Waals surface area contributed by atoms with Gasteiger partial charge in [-0.05, 0) is 16.8 Å². The maximum Gasteiger partial charge on any atom is 0.0487 e. The molecule has 0 atom stereocenters. The maximum absolute atomic E-state index is 3.60. The molecule has 74 valence electrons. The molecule has 0 bridgehead atoms. The van der Waals surface area contributed by atoms with E-state index in [4.69, 9.17) is 0 Å². The molecule has 0 fully saturated rings. The number of hydrogen-bond acceptors (Lipinski definition) is 1. The summed E-state index contributed by atoms with van der Waals surface area (Å²) >= 11 is 0. The standard InChI is InChI=1S/C10H8.C3H4N2/c1-2-6-10-8-4-3-7-9(10)5-1;1-2-4-5-3-1/h1-8H;1-3H,(H,4,5). The zero-order valence-electron chi connectivity index (χ0n) is 8.30. The second-order valence-corrected chi connectivity index (χ2v) is 3.11. The fourth-order valence-corrected chi connectivity index (χ4v) is 1.35. The Morgan fingerprint density at radius 2 is 1.27 bits per heavy atom. The van der Waals surface area contributed by atoms with Crippen molar-refractivity contribution in [1.82, 2.24) is 10.2 Å². The molecular formula is C13H12N2. The first-order chi connectivity index (χ1) is 7.47. The fraction of sp³-hybridized carbons (Fsp3) is 0. The van der Waals surface area contributed by atoms with E-state index in [1.807, 2.05) is 6.07 Å². The summed E-state index contributed by atoms with van der Waals surface area (Å²) in [5.41, 5.74) is 0. The van der Waals surface area contributed by atoms with E-state index in [2.05, 4.69) is 58.7 Å². The lowest BCUT2D eigenvalue weighted by molar-refractivity contribution is 1.09. The lowest BCUT2D eigenvalue weighted by Crippen LogP contribution is -1.67. The molecule has 3 rings (SSSR count). The number of aromatic amines is 1. The number of nitrogens with zero attached hydrogens (tertiary/aromatic N) is 1. The van der Waals surface area contributed by atoms with Crippen LogP contribution >= 0.6 is 0 Å². The second-order valence-electron chi connectivity index (χ2n) is 3.11. The molecular weight excluding hydrogens is 184 g/mol. The number of fused-ring (bicyclic) bond motifs is 1. The Hall–Kier alpha value is -2.09. The summed E-state index contributed by atoms with van der Waals surface area (Å²) in [4.78, 5) is 0. The van der Waals surface area contributed by atoms with Crippen molar-refractivity contribution in [2.24, 2.45) is 0 Å². The Morgan fingerprint density at radius 1 is 0.733 bits per heavy atom. The first-order valence-electron chi connectivity index (χ1n) is 4.84. The van der Waals surface area contributed by atoms with Crippen molar-refractivity contribution in [3.8, 4) is 0 Å². The summed E-state index contributed by atoms with van der Waals surface area (Å²) < 4.78 is 0. The molecule has 0 aliphatic carbocycles. The van der Waals surface area contributed by atoms with Crippen LogP contribution < -0.4 is 0 Å². The van der Waals surface area contributed by atoms with Gasteiger partial charge in [-0.25, -0.2) is 0 Å². The van der Waals surface area contributed by atoms with Gasteiger partial charge < -0.3 is 0 Å². The lowest BCUT2D eigenvalue weighted by Gasteiger charge is -1.92. The summed E-state index contributed by atoms with van der Waals surface area (Å²) in [7, 11) is 0. The molecule has 0 saturated carbocycles. The van der Waals surface area contributed by atoms with Crippen molar-refractivity contribution in [2.45, 2.75) is 0 Å². The predicted octanol–water partition coefficient (Wildman–Crippen LogP) is 3.25. The van der Waals surface area contributed by atoms with Crippen LogP contribution in [0.25, 0.3) is 10.8 Å². The molecule has 0 aliphatic rings. The van der Waals surface area contributed by atoms with Crippen LogP contribution in [0.2, 0.25) is 0 Å². The molecule has 0 spiro atoms. The maximum atomic E-state index is 3.60. The minimum Gasteiger partial charge on any atom is -0.286 e. The first-order valence-corrected chi connectivity index (χ1v) is 4.84. The number of H-pyrrole nitrogens is 1. The number of benzene rings is 2. The van der Waals surface area contributed by atoms with Crippen LogP contribution in [-0.2, 0) is 0 Å². The van der Waals surface area contributed by atoms with Crippen LogP contribution in [0.4, 0.5) is 0 Å². The largest absolute Gasteiger partial charge is 0.286 e. The number of rotatable bonds is 0. The number of hydrogen-bond donors (Lipinski definition) is 1. The van der Waals surface area contributed by atoms with Crippen molar-refractivity contribution >= 4 is 10.8 Å². The highest BCUT2D eigenvalue weighted by Crippen LogP contribution is 2.11. The molecule has 0 radical (unpaired) electrons. The molecule has 15 heavy (non-hydrogen) atoms. The molecule has 0 saturated heterocycles. The summed E-state index contributed by atoms with van der Waals surface area (Å²) in [5, 5.41) is 8.83. The average molecular weight is 196 g/mol. The Labute approximate surface area is 88.6 Å². The van der Waals surface area contributed by atoms with Gasteiger partial charge in [-0.3, -0.25) is 5.10 Å². The van der Waals surface area contributed by atoms with Crippen molar-refractivity contribution < 1.29 is 0 Å². The monoisotopic (exact) mass is 196 g/mol. The van der Waals surface area contributed by atoms with E-state index in [0.29, 0.717) is 0 Å². The topological polar surface area (TPSA) is 28.7 Å². The van der Waals surface area contributed by atoms with Gasteiger partial charge in [0.25, 0.3) is 0 Å². The van der Waals surface area contributed by atoms with E-state index in [9.17, 15) is 0 Å². The van der Waals surface area contributed by atoms with E-state index < -0.39 is 0 Å². The smallest absolute Gasteiger partial charge is 0.0487 e. The van der Waals surface area contributed by atoms with Crippen molar-refractivity contribution in [1.29, 1.82) is 0 Å². The van der Waals surface area contributed by atoms with Crippen LogP contribution in [0.3, 0.4) is 0 Å². The third-order valence-corrected chi connectivity index (χ3v) is 2.06. The molecule has 0 amide bonds. The van der Waals surface area contributed by atoms with Crippen LogP contribution in [0.5, 0.6) is 0 Å². The molecule has 2 heteroatoms. The second kappa shape index (κ2) is 4.96. The highest BCUT2D eigenvalue weighted by atomic mass is 15.1. The molecule has 1 aromatic heterocycles.